The van der Waals surface area contributed by atoms with Crippen molar-refractivity contribution in [2.75, 3.05) is 58.3 Å². The van der Waals surface area contributed by atoms with Crippen LogP contribution >= 0.6 is 11.6 Å². The molecule has 4 fully saturated rings. The van der Waals surface area contributed by atoms with Crippen molar-refractivity contribution < 1.29 is 18.7 Å². The number of ether oxygens (including phenoxy) is 1. The van der Waals surface area contributed by atoms with Gasteiger partial charge in [0.05, 0.1) is 7.11 Å². The van der Waals surface area contributed by atoms with Crippen LogP contribution in [0, 0.1) is 17.8 Å². The SMILES string of the molecule is CC[C@H]1CN(C(=O)[C@]2(F)CN([C@H]3CC[C@H](C)CC3)C[C@H]2c2ccc(OC)cc2)C[C@@H]1c1ccc(Cl)cc1N1CCC(C(=O)NC)CC1. The van der Waals surface area contributed by atoms with Crippen molar-refractivity contribution in [3.63, 3.8) is 0 Å². The van der Waals surface area contributed by atoms with Gasteiger partial charge in [-0.2, -0.15) is 0 Å². The van der Waals surface area contributed by atoms with E-state index in [9.17, 15) is 9.59 Å². The highest BCUT2D eigenvalue weighted by molar-refractivity contribution is 6.30. The van der Waals surface area contributed by atoms with Crippen molar-refractivity contribution in [1.82, 2.24) is 15.1 Å². The Kier molecular flexibility index (Phi) is 10.4. The first kappa shape index (κ1) is 34.0. The van der Waals surface area contributed by atoms with E-state index in [0.717, 1.165) is 75.0 Å². The molecule has 1 aliphatic carbocycles. The standard InChI is InChI=1S/C38H52ClFN4O3/c1-5-26-21-43(22-33(26)32-15-10-29(39)20-35(32)42-18-16-28(17-19-42)36(45)41-3)37(46)38(40)24-44(30-11-6-25(2)7-12-30)23-34(38)27-8-13-31(47-4)14-9-27/h8-10,13-15,20,25-26,28,30,33-34H,5-7,11-12,16-19,21-24H2,1-4H3,(H,41,45)/t25-,26-,30-,33-,34-,38-/m0/s1. The molecule has 256 valence electrons. The Morgan fingerprint density at radius 3 is 2.34 bits per heavy atom. The first-order valence-corrected chi connectivity index (χ1v) is 18.1. The van der Waals surface area contributed by atoms with E-state index < -0.39 is 11.6 Å². The lowest BCUT2D eigenvalue weighted by molar-refractivity contribution is -0.143. The average Bonchev–Trinajstić information content (AvgIpc) is 3.70. The Morgan fingerprint density at radius 1 is 1.00 bits per heavy atom. The van der Waals surface area contributed by atoms with Gasteiger partial charge in [-0.25, -0.2) is 4.39 Å². The molecule has 1 N–H and O–H groups in total. The summed E-state index contributed by atoms with van der Waals surface area (Å²) in [7, 11) is 3.33. The van der Waals surface area contributed by atoms with Crippen molar-refractivity contribution >= 4 is 29.1 Å². The second-order valence-corrected chi connectivity index (χ2v) is 15.0. The van der Waals surface area contributed by atoms with E-state index in [1.165, 1.54) is 5.56 Å². The van der Waals surface area contributed by atoms with Crippen LogP contribution in [0.2, 0.25) is 5.02 Å². The number of nitrogens with zero attached hydrogens (tertiary/aromatic N) is 3. The lowest BCUT2D eigenvalue weighted by Gasteiger charge is -2.35. The van der Waals surface area contributed by atoms with Gasteiger partial charge in [0.1, 0.15) is 5.75 Å². The van der Waals surface area contributed by atoms with Crippen LogP contribution in [-0.2, 0) is 9.59 Å². The zero-order valence-corrected chi connectivity index (χ0v) is 29.3. The number of rotatable bonds is 8. The van der Waals surface area contributed by atoms with Crippen LogP contribution in [-0.4, -0.2) is 86.8 Å². The zero-order chi connectivity index (χ0) is 33.3. The molecule has 2 aromatic rings. The van der Waals surface area contributed by atoms with E-state index in [0.29, 0.717) is 36.6 Å². The molecule has 0 spiro atoms. The molecule has 3 heterocycles. The molecule has 3 aliphatic heterocycles. The van der Waals surface area contributed by atoms with E-state index in [1.54, 1.807) is 14.2 Å². The molecule has 0 aromatic heterocycles. The van der Waals surface area contributed by atoms with Gasteiger partial charge in [0, 0.05) is 80.8 Å². The van der Waals surface area contributed by atoms with Gasteiger partial charge in [-0.3, -0.25) is 14.5 Å². The highest BCUT2D eigenvalue weighted by Crippen LogP contribution is 2.47. The Morgan fingerprint density at radius 2 is 1.70 bits per heavy atom. The molecule has 0 unspecified atom stereocenters. The molecule has 6 rings (SSSR count). The number of halogens is 2. The third-order valence-electron chi connectivity index (χ3n) is 11.9. The smallest absolute Gasteiger partial charge is 0.262 e. The minimum atomic E-state index is -2.00. The molecule has 7 nitrogen and oxygen atoms in total. The molecule has 9 heteroatoms. The molecule has 2 aromatic carbocycles. The molecular weight excluding hydrogens is 615 g/mol. The number of alkyl halides is 1. The number of methoxy groups -OCH3 is 1. The van der Waals surface area contributed by atoms with Crippen molar-refractivity contribution in [2.24, 2.45) is 17.8 Å². The fraction of sp³-hybridized carbons (Fsp3) is 0.632. The highest BCUT2D eigenvalue weighted by Gasteiger charge is 2.57. The molecule has 47 heavy (non-hydrogen) atoms. The van der Waals surface area contributed by atoms with Crippen LogP contribution in [0.5, 0.6) is 5.75 Å². The summed E-state index contributed by atoms with van der Waals surface area (Å²) in [5.74, 6) is 0.935. The average molecular weight is 667 g/mol. The maximum atomic E-state index is 17.8. The molecule has 4 aliphatic rings. The number of likely N-dealkylation sites (tertiary alicyclic amines) is 2. The fourth-order valence-electron chi connectivity index (χ4n) is 8.91. The summed E-state index contributed by atoms with van der Waals surface area (Å²) in [6, 6.07) is 14.0. The van der Waals surface area contributed by atoms with Gasteiger partial charge in [0.15, 0.2) is 0 Å². The Bertz CT molecular complexity index is 1410. The van der Waals surface area contributed by atoms with Gasteiger partial charge in [0.25, 0.3) is 5.91 Å². The van der Waals surface area contributed by atoms with Crippen molar-refractivity contribution in [3.8, 4) is 5.75 Å². The van der Waals surface area contributed by atoms with E-state index in [-0.39, 0.29) is 36.1 Å². The number of carbonyl (C=O) groups excluding carboxylic acids is 2. The Labute approximate surface area is 285 Å². The number of piperidine rings is 1. The molecule has 0 radical (unpaired) electrons. The summed E-state index contributed by atoms with van der Waals surface area (Å²) in [6.07, 6.45) is 6.88. The largest absolute Gasteiger partial charge is 0.497 e. The van der Waals surface area contributed by atoms with Crippen LogP contribution in [0.4, 0.5) is 10.1 Å². The summed E-state index contributed by atoms with van der Waals surface area (Å²) in [5, 5.41) is 3.47. The zero-order valence-electron chi connectivity index (χ0n) is 28.5. The maximum Gasteiger partial charge on any atom is 0.262 e. The van der Waals surface area contributed by atoms with Crippen molar-refractivity contribution in [1.29, 1.82) is 0 Å². The molecule has 1 saturated carbocycles. The number of carbonyl (C=O) groups is 2. The van der Waals surface area contributed by atoms with E-state index in [1.807, 2.05) is 41.3 Å². The fourth-order valence-corrected chi connectivity index (χ4v) is 9.08. The quantitative estimate of drug-likeness (QED) is 0.342. The number of benzene rings is 2. The number of hydrogen-bond donors (Lipinski definition) is 1. The van der Waals surface area contributed by atoms with Gasteiger partial charge < -0.3 is 19.9 Å². The third kappa shape index (κ3) is 6.87. The van der Waals surface area contributed by atoms with Gasteiger partial charge in [-0.1, -0.05) is 50.1 Å². The van der Waals surface area contributed by atoms with Crippen LogP contribution < -0.4 is 15.0 Å². The number of hydrogen-bond acceptors (Lipinski definition) is 5. The van der Waals surface area contributed by atoms with Crippen LogP contribution in [0.3, 0.4) is 0 Å². The molecular formula is C38H52ClFN4O3. The monoisotopic (exact) mass is 666 g/mol. The Balaban J connectivity index is 1.25. The summed E-state index contributed by atoms with van der Waals surface area (Å²) < 4.78 is 23.2. The molecule has 2 amide bonds. The molecule has 4 atom stereocenters. The summed E-state index contributed by atoms with van der Waals surface area (Å²) in [5.41, 5.74) is 1.10. The lowest BCUT2D eigenvalue weighted by Crippen LogP contribution is -2.50. The first-order valence-electron chi connectivity index (χ1n) is 17.8. The number of nitrogens with one attached hydrogen (secondary N) is 1. The second-order valence-electron chi connectivity index (χ2n) is 14.6. The van der Waals surface area contributed by atoms with Crippen LogP contribution in [0.25, 0.3) is 0 Å². The molecule has 0 bridgehead atoms. The van der Waals surface area contributed by atoms with Crippen molar-refractivity contribution in [2.45, 2.75) is 82.3 Å². The normalized spacial score (nSPS) is 30.5. The Hall–Kier alpha value is -2.84. The van der Waals surface area contributed by atoms with Crippen LogP contribution in [0.1, 0.15) is 81.8 Å². The minimum Gasteiger partial charge on any atom is -0.497 e. The number of amides is 2. The minimum absolute atomic E-state index is 0.0178. The predicted octanol–water partition coefficient (Wildman–Crippen LogP) is 6.65. The molecule has 3 saturated heterocycles. The topological polar surface area (TPSA) is 65.1 Å². The van der Waals surface area contributed by atoms with E-state index in [4.69, 9.17) is 16.3 Å². The van der Waals surface area contributed by atoms with E-state index >= 15 is 4.39 Å². The maximum absolute atomic E-state index is 17.8. The third-order valence-corrected chi connectivity index (χ3v) is 12.1. The van der Waals surface area contributed by atoms with E-state index in [2.05, 4.69) is 35.0 Å². The van der Waals surface area contributed by atoms with Gasteiger partial charge in [-0.05, 0) is 85.8 Å². The second kappa shape index (κ2) is 14.3. The first-order chi connectivity index (χ1) is 22.6. The highest BCUT2D eigenvalue weighted by atomic mass is 35.5. The summed E-state index contributed by atoms with van der Waals surface area (Å²) in [6.45, 7) is 7.74. The van der Waals surface area contributed by atoms with Gasteiger partial charge in [0.2, 0.25) is 11.6 Å². The van der Waals surface area contributed by atoms with Gasteiger partial charge >= 0.3 is 0 Å². The lowest BCUT2D eigenvalue weighted by atomic mass is 9.85. The summed E-state index contributed by atoms with van der Waals surface area (Å²) in [4.78, 5) is 33.3. The predicted molar refractivity (Wildman–Crippen MR) is 186 cm³/mol. The number of anilines is 1. The van der Waals surface area contributed by atoms with Crippen molar-refractivity contribution in [3.05, 3.63) is 58.6 Å². The van der Waals surface area contributed by atoms with Gasteiger partial charge in [-0.15, -0.1) is 0 Å². The van der Waals surface area contributed by atoms with Crippen LogP contribution in [0.15, 0.2) is 42.5 Å². The summed E-state index contributed by atoms with van der Waals surface area (Å²) >= 11 is 6.56.